The molecule has 2 rings (SSSR count). The Balaban J connectivity index is 2.35. The molecular formula is C22H28N2O5. The molecule has 7 nitrogen and oxygen atoms in total. The van der Waals surface area contributed by atoms with Crippen LogP contribution in [0.4, 0.5) is 0 Å². The van der Waals surface area contributed by atoms with Crippen LogP contribution in [0.5, 0.6) is 5.75 Å². The predicted molar refractivity (Wildman–Crippen MR) is 110 cm³/mol. The van der Waals surface area contributed by atoms with E-state index in [-0.39, 0.29) is 24.3 Å². The van der Waals surface area contributed by atoms with Gasteiger partial charge >= 0.3 is 5.97 Å². The van der Waals surface area contributed by atoms with Gasteiger partial charge in [-0.25, -0.2) is 4.79 Å². The van der Waals surface area contributed by atoms with Crippen LogP contribution in [-0.2, 0) is 11.8 Å². The number of ketones is 1. The summed E-state index contributed by atoms with van der Waals surface area (Å²) in [6, 6.07) is 6.59. The molecule has 0 aliphatic rings. The van der Waals surface area contributed by atoms with E-state index >= 15 is 0 Å². The topological polar surface area (TPSA) is 77.8 Å². The number of methoxy groups -OCH3 is 2. The quantitative estimate of drug-likeness (QED) is 0.527. The summed E-state index contributed by atoms with van der Waals surface area (Å²) in [5, 5.41) is 0. The third-order valence-corrected chi connectivity index (χ3v) is 5.12. The van der Waals surface area contributed by atoms with Gasteiger partial charge in [-0.2, -0.15) is 0 Å². The molecule has 0 fully saturated rings. The second-order valence-electron chi connectivity index (χ2n) is 7.16. The Morgan fingerprint density at radius 1 is 1.07 bits per heavy atom. The minimum Gasteiger partial charge on any atom is -0.497 e. The van der Waals surface area contributed by atoms with Gasteiger partial charge in [-0.15, -0.1) is 0 Å². The Labute approximate surface area is 171 Å². The lowest BCUT2D eigenvalue weighted by atomic mass is 10.0. The Morgan fingerprint density at radius 2 is 1.66 bits per heavy atom. The maximum absolute atomic E-state index is 13.1. The van der Waals surface area contributed by atoms with Gasteiger partial charge in [0, 0.05) is 29.9 Å². The van der Waals surface area contributed by atoms with Gasteiger partial charge in [0.2, 0.25) is 0 Å². The highest BCUT2D eigenvalue weighted by molar-refractivity contribution is 6.06. The largest absolute Gasteiger partial charge is 0.497 e. The van der Waals surface area contributed by atoms with Gasteiger partial charge < -0.3 is 18.9 Å². The number of amides is 1. The van der Waals surface area contributed by atoms with Crippen LogP contribution in [0, 0.1) is 13.8 Å². The van der Waals surface area contributed by atoms with E-state index in [0.717, 1.165) is 0 Å². The van der Waals surface area contributed by atoms with Crippen molar-refractivity contribution in [2.24, 2.45) is 7.05 Å². The molecule has 1 aromatic carbocycles. The van der Waals surface area contributed by atoms with Gasteiger partial charge in [-0.05, 0) is 57.5 Å². The number of esters is 1. The third-order valence-electron chi connectivity index (χ3n) is 5.12. The number of rotatable bonds is 7. The summed E-state index contributed by atoms with van der Waals surface area (Å²) in [5.41, 5.74) is 2.48. The minimum absolute atomic E-state index is 0.0885. The molecule has 0 aliphatic carbocycles. The first kappa shape index (κ1) is 22.2. The molecule has 0 spiro atoms. The number of nitrogens with zero attached hydrogens (tertiary/aromatic N) is 2. The lowest BCUT2D eigenvalue weighted by Crippen LogP contribution is -2.41. The van der Waals surface area contributed by atoms with Crippen LogP contribution in [-0.4, -0.2) is 53.9 Å². The Morgan fingerprint density at radius 3 is 2.14 bits per heavy atom. The van der Waals surface area contributed by atoms with Crippen LogP contribution in [0.15, 0.2) is 24.3 Å². The Bertz CT molecular complexity index is 926. The van der Waals surface area contributed by atoms with Gasteiger partial charge in [0.25, 0.3) is 5.91 Å². The number of carbonyl (C=O) groups excluding carboxylic acids is 3. The fraction of sp³-hybridized carbons (Fsp3) is 0.409. The van der Waals surface area contributed by atoms with Gasteiger partial charge in [-0.1, -0.05) is 0 Å². The first-order chi connectivity index (χ1) is 13.6. The smallest absolute Gasteiger partial charge is 0.354 e. The van der Waals surface area contributed by atoms with Crippen molar-refractivity contribution in [1.29, 1.82) is 0 Å². The molecule has 1 aromatic heterocycles. The van der Waals surface area contributed by atoms with E-state index in [9.17, 15) is 14.4 Å². The summed E-state index contributed by atoms with van der Waals surface area (Å²) in [7, 11) is 4.58. The summed E-state index contributed by atoms with van der Waals surface area (Å²) in [6.07, 6.45) is 0. The second-order valence-corrected chi connectivity index (χ2v) is 7.16. The van der Waals surface area contributed by atoms with Crippen LogP contribution in [0.2, 0.25) is 0 Å². The molecule has 0 N–H and O–H groups in total. The summed E-state index contributed by atoms with van der Waals surface area (Å²) in [6.45, 7) is 7.13. The van der Waals surface area contributed by atoms with Gasteiger partial charge in [0.05, 0.1) is 20.8 Å². The number of ether oxygens (including phenoxy) is 2. The van der Waals surface area contributed by atoms with Crippen molar-refractivity contribution in [2.75, 3.05) is 20.8 Å². The van der Waals surface area contributed by atoms with Crippen LogP contribution >= 0.6 is 0 Å². The first-order valence-electron chi connectivity index (χ1n) is 9.36. The lowest BCUT2D eigenvalue weighted by Gasteiger charge is -2.26. The van der Waals surface area contributed by atoms with Crippen molar-refractivity contribution in [1.82, 2.24) is 9.47 Å². The van der Waals surface area contributed by atoms with Gasteiger partial charge in [0.15, 0.2) is 5.78 Å². The van der Waals surface area contributed by atoms with E-state index in [1.165, 1.54) is 12.0 Å². The summed E-state index contributed by atoms with van der Waals surface area (Å²) in [5.74, 6) is -0.307. The predicted octanol–water partition coefficient (Wildman–Crippen LogP) is 3.17. The SMILES string of the molecule is COC(=O)c1c(C)c(C(=O)CN(C(=O)c2ccc(OC)cc2)C(C)C)c(C)n1C. The van der Waals surface area contributed by atoms with Crippen LogP contribution in [0.25, 0.3) is 0 Å². The van der Waals surface area contributed by atoms with Gasteiger partial charge in [-0.3, -0.25) is 9.59 Å². The number of carbonyl (C=O) groups is 3. The van der Waals surface area contributed by atoms with E-state index in [4.69, 9.17) is 9.47 Å². The van der Waals surface area contributed by atoms with Crippen LogP contribution < -0.4 is 4.74 Å². The standard InChI is InChI=1S/C22H28N2O5/c1-13(2)24(21(26)16-8-10-17(28-6)11-9-16)12-18(25)19-14(3)20(22(27)29-7)23(5)15(19)4/h8-11,13H,12H2,1-7H3. The Hall–Kier alpha value is -3.09. The number of Topliss-reactive ketones (excluding diaryl/α,β-unsaturated/α-hetero) is 1. The number of aromatic nitrogens is 1. The normalized spacial score (nSPS) is 10.8. The highest BCUT2D eigenvalue weighted by Crippen LogP contribution is 2.23. The monoisotopic (exact) mass is 400 g/mol. The number of benzene rings is 1. The molecule has 1 amide bonds. The summed E-state index contributed by atoms with van der Waals surface area (Å²) >= 11 is 0. The molecule has 156 valence electrons. The minimum atomic E-state index is -0.498. The van der Waals surface area contributed by atoms with E-state index in [2.05, 4.69) is 0 Å². The zero-order valence-corrected chi connectivity index (χ0v) is 18.0. The average Bonchev–Trinajstić information content (AvgIpc) is 2.93. The maximum Gasteiger partial charge on any atom is 0.354 e. The van der Waals surface area contributed by atoms with Crippen molar-refractivity contribution in [3.8, 4) is 5.75 Å². The fourth-order valence-electron chi connectivity index (χ4n) is 3.40. The summed E-state index contributed by atoms with van der Waals surface area (Å²) in [4.78, 5) is 39.7. The number of hydrogen-bond acceptors (Lipinski definition) is 5. The van der Waals surface area contributed by atoms with Crippen molar-refractivity contribution in [3.63, 3.8) is 0 Å². The zero-order chi connectivity index (χ0) is 21.9. The lowest BCUT2D eigenvalue weighted by molar-refractivity contribution is 0.0588. The fourth-order valence-corrected chi connectivity index (χ4v) is 3.40. The van der Waals surface area contributed by atoms with E-state index < -0.39 is 5.97 Å². The molecule has 2 aromatic rings. The molecule has 0 radical (unpaired) electrons. The molecule has 0 atom stereocenters. The van der Waals surface area contributed by atoms with E-state index in [1.807, 2.05) is 13.8 Å². The highest BCUT2D eigenvalue weighted by Gasteiger charge is 2.28. The van der Waals surface area contributed by atoms with Crippen LogP contribution in [0.3, 0.4) is 0 Å². The van der Waals surface area contributed by atoms with Gasteiger partial charge in [0.1, 0.15) is 11.4 Å². The molecule has 0 aliphatic heterocycles. The average molecular weight is 400 g/mol. The first-order valence-corrected chi connectivity index (χ1v) is 9.36. The number of hydrogen-bond donors (Lipinski definition) is 0. The van der Waals surface area contributed by atoms with Crippen molar-refractivity contribution in [3.05, 3.63) is 52.3 Å². The second kappa shape index (κ2) is 8.94. The highest BCUT2D eigenvalue weighted by atomic mass is 16.5. The Kier molecular flexibility index (Phi) is 6.84. The molecule has 0 saturated heterocycles. The molecular weight excluding hydrogens is 372 g/mol. The van der Waals surface area contributed by atoms with Crippen molar-refractivity contribution < 1.29 is 23.9 Å². The zero-order valence-electron chi connectivity index (χ0n) is 18.0. The molecule has 0 unspecified atom stereocenters. The van der Waals surface area contributed by atoms with Crippen molar-refractivity contribution >= 4 is 17.7 Å². The molecule has 0 bridgehead atoms. The molecule has 29 heavy (non-hydrogen) atoms. The van der Waals surface area contributed by atoms with E-state index in [1.54, 1.807) is 56.8 Å². The van der Waals surface area contributed by atoms with Crippen molar-refractivity contribution in [2.45, 2.75) is 33.7 Å². The third kappa shape index (κ3) is 4.34. The molecule has 7 heteroatoms. The summed E-state index contributed by atoms with van der Waals surface area (Å²) < 4.78 is 11.6. The van der Waals surface area contributed by atoms with E-state index in [0.29, 0.717) is 33.8 Å². The molecule has 1 heterocycles. The van der Waals surface area contributed by atoms with Crippen LogP contribution in [0.1, 0.15) is 56.3 Å². The molecule has 0 saturated carbocycles. The maximum atomic E-state index is 13.1.